The number of carbonyl (C=O) groups excluding carboxylic acids is 1. The van der Waals surface area contributed by atoms with Crippen LogP contribution in [0.15, 0.2) is 23.1 Å². The molecule has 0 aliphatic rings. The zero-order valence-electron chi connectivity index (χ0n) is 16.4. The van der Waals surface area contributed by atoms with Gasteiger partial charge >= 0.3 is 0 Å². The third-order valence-corrected chi connectivity index (χ3v) is 6.64. The summed E-state index contributed by atoms with van der Waals surface area (Å²) < 4.78 is 28.8. The summed E-state index contributed by atoms with van der Waals surface area (Å²) in [6, 6.07) is 5.05. The summed E-state index contributed by atoms with van der Waals surface area (Å²) in [5, 5.41) is 2.72. The van der Waals surface area contributed by atoms with Crippen LogP contribution >= 0.6 is 0 Å². The molecule has 0 fully saturated rings. The van der Waals surface area contributed by atoms with E-state index in [2.05, 4.69) is 10.0 Å². The van der Waals surface area contributed by atoms with Crippen LogP contribution in [0.3, 0.4) is 0 Å². The second-order valence-electron chi connectivity index (χ2n) is 6.77. The molecule has 0 unspecified atom stereocenters. The topological polar surface area (TPSA) is 75.3 Å². The van der Waals surface area contributed by atoms with E-state index in [1.165, 1.54) is 6.92 Å². The molecule has 2 rings (SSSR count). The number of carbonyl (C=O) groups is 1. The predicted octanol–water partition coefficient (Wildman–Crippen LogP) is 4.30. The van der Waals surface area contributed by atoms with Crippen molar-refractivity contribution in [3.05, 3.63) is 51.6 Å². The van der Waals surface area contributed by atoms with Gasteiger partial charge in [-0.15, -0.1) is 0 Å². The number of benzene rings is 2. The fourth-order valence-corrected chi connectivity index (χ4v) is 4.78. The molecule has 1 amide bonds. The molecule has 0 heterocycles. The maximum absolute atomic E-state index is 13.1. The second-order valence-corrected chi connectivity index (χ2v) is 8.39. The van der Waals surface area contributed by atoms with Gasteiger partial charge in [-0.1, -0.05) is 0 Å². The van der Waals surface area contributed by atoms with E-state index in [0.29, 0.717) is 16.3 Å². The highest BCUT2D eigenvalue weighted by Gasteiger charge is 2.23. The third kappa shape index (κ3) is 3.75. The standard InChI is InChI=1S/C20H26N2O3S/c1-11-10-18(8-9-19(11)21-17(7)23)22-26(24,25)20-15(5)13(3)12(2)14(4)16(20)6/h8-10,22H,1-7H3,(H,21,23). The Balaban J connectivity index is 2.48. The minimum atomic E-state index is -3.73. The van der Waals surface area contributed by atoms with E-state index in [-0.39, 0.29) is 5.91 Å². The molecular weight excluding hydrogens is 348 g/mol. The van der Waals surface area contributed by atoms with E-state index in [9.17, 15) is 13.2 Å². The molecule has 0 aliphatic carbocycles. The van der Waals surface area contributed by atoms with Crippen molar-refractivity contribution in [1.29, 1.82) is 0 Å². The molecule has 6 heteroatoms. The maximum atomic E-state index is 13.1. The fraction of sp³-hybridized carbons (Fsp3) is 0.350. The summed E-state index contributed by atoms with van der Waals surface area (Å²) in [4.78, 5) is 11.5. The first kappa shape index (κ1) is 20.0. The Kier molecular flexibility index (Phi) is 5.47. The van der Waals surface area contributed by atoms with Crippen LogP contribution in [-0.4, -0.2) is 14.3 Å². The van der Waals surface area contributed by atoms with Crippen molar-refractivity contribution >= 4 is 27.3 Å². The minimum Gasteiger partial charge on any atom is -0.326 e. The molecule has 0 saturated carbocycles. The number of anilines is 2. The molecular formula is C20H26N2O3S. The van der Waals surface area contributed by atoms with Gasteiger partial charge in [0.25, 0.3) is 10.0 Å². The van der Waals surface area contributed by atoms with Gasteiger partial charge in [0.05, 0.1) is 4.90 Å². The van der Waals surface area contributed by atoms with Crippen LogP contribution < -0.4 is 10.0 Å². The molecule has 2 N–H and O–H groups in total. The summed E-state index contributed by atoms with van der Waals surface area (Å²) in [7, 11) is -3.73. The van der Waals surface area contributed by atoms with Crippen LogP contribution in [0.4, 0.5) is 11.4 Å². The Labute approximate surface area is 155 Å². The van der Waals surface area contributed by atoms with E-state index >= 15 is 0 Å². The first-order chi connectivity index (χ1) is 12.0. The Morgan fingerprint density at radius 1 is 0.846 bits per heavy atom. The molecule has 0 bridgehead atoms. The third-order valence-electron chi connectivity index (χ3n) is 4.99. The SMILES string of the molecule is CC(=O)Nc1ccc(NS(=O)(=O)c2c(C)c(C)c(C)c(C)c2C)cc1C. The Bertz CT molecular complexity index is 964. The largest absolute Gasteiger partial charge is 0.326 e. The molecule has 140 valence electrons. The molecule has 0 saturated heterocycles. The van der Waals surface area contributed by atoms with Crippen molar-refractivity contribution in [3.63, 3.8) is 0 Å². The molecule has 0 atom stereocenters. The summed E-state index contributed by atoms with van der Waals surface area (Å²) in [6.45, 7) is 12.8. The van der Waals surface area contributed by atoms with Gasteiger partial charge < -0.3 is 5.32 Å². The molecule has 26 heavy (non-hydrogen) atoms. The number of aryl methyl sites for hydroxylation is 1. The molecule has 2 aromatic rings. The highest BCUT2D eigenvalue weighted by atomic mass is 32.2. The van der Waals surface area contributed by atoms with Gasteiger partial charge in [0.2, 0.25) is 5.91 Å². The summed E-state index contributed by atoms with van der Waals surface area (Å²) in [5.74, 6) is -0.168. The van der Waals surface area contributed by atoms with Crippen molar-refractivity contribution in [2.24, 2.45) is 0 Å². The monoisotopic (exact) mass is 374 g/mol. The first-order valence-electron chi connectivity index (χ1n) is 8.43. The fourth-order valence-electron chi connectivity index (χ4n) is 3.13. The average molecular weight is 375 g/mol. The maximum Gasteiger partial charge on any atom is 0.262 e. The average Bonchev–Trinajstić information content (AvgIpc) is 2.53. The van der Waals surface area contributed by atoms with Gasteiger partial charge in [0, 0.05) is 18.3 Å². The van der Waals surface area contributed by atoms with E-state index in [1.54, 1.807) is 18.2 Å². The van der Waals surface area contributed by atoms with Crippen LogP contribution in [0.1, 0.15) is 40.3 Å². The second kappa shape index (κ2) is 7.11. The number of hydrogen-bond donors (Lipinski definition) is 2. The molecule has 0 aliphatic heterocycles. The van der Waals surface area contributed by atoms with Crippen LogP contribution in [0.5, 0.6) is 0 Å². The van der Waals surface area contributed by atoms with Gasteiger partial charge in [-0.05, 0) is 93.1 Å². The van der Waals surface area contributed by atoms with Gasteiger partial charge in [-0.2, -0.15) is 0 Å². The van der Waals surface area contributed by atoms with Gasteiger partial charge in [0.1, 0.15) is 0 Å². The Hall–Kier alpha value is -2.34. The van der Waals surface area contributed by atoms with Crippen molar-refractivity contribution in [2.45, 2.75) is 53.4 Å². The lowest BCUT2D eigenvalue weighted by Crippen LogP contribution is -2.18. The van der Waals surface area contributed by atoms with Crippen molar-refractivity contribution in [2.75, 3.05) is 10.0 Å². The lowest BCUT2D eigenvalue weighted by Gasteiger charge is -2.19. The lowest BCUT2D eigenvalue weighted by atomic mass is 9.95. The predicted molar refractivity (Wildman–Crippen MR) is 106 cm³/mol. The zero-order valence-corrected chi connectivity index (χ0v) is 17.2. The van der Waals surface area contributed by atoms with E-state index < -0.39 is 10.0 Å². The highest BCUT2D eigenvalue weighted by Crippen LogP contribution is 2.31. The minimum absolute atomic E-state index is 0.168. The number of amides is 1. The van der Waals surface area contributed by atoms with E-state index in [4.69, 9.17) is 0 Å². The van der Waals surface area contributed by atoms with Crippen LogP contribution in [0, 0.1) is 41.5 Å². The lowest BCUT2D eigenvalue weighted by molar-refractivity contribution is -0.114. The first-order valence-corrected chi connectivity index (χ1v) is 9.92. The number of rotatable bonds is 4. The number of nitrogens with one attached hydrogen (secondary N) is 2. The normalized spacial score (nSPS) is 11.3. The zero-order chi connectivity index (χ0) is 19.8. The number of hydrogen-bond acceptors (Lipinski definition) is 3. The number of sulfonamides is 1. The van der Waals surface area contributed by atoms with Crippen LogP contribution in [-0.2, 0) is 14.8 Å². The van der Waals surface area contributed by atoms with Gasteiger partial charge in [0.15, 0.2) is 0 Å². The van der Waals surface area contributed by atoms with E-state index in [1.807, 2.05) is 41.5 Å². The molecule has 0 spiro atoms. The molecule has 5 nitrogen and oxygen atoms in total. The Morgan fingerprint density at radius 2 is 1.35 bits per heavy atom. The summed E-state index contributed by atoms with van der Waals surface area (Å²) in [5.41, 5.74) is 6.55. The van der Waals surface area contributed by atoms with Gasteiger partial charge in [-0.25, -0.2) is 8.42 Å². The summed E-state index contributed by atoms with van der Waals surface area (Å²) in [6.07, 6.45) is 0. The van der Waals surface area contributed by atoms with Gasteiger partial charge in [-0.3, -0.25) is 9.52 Å². The van der Waals surface area contributed by atoms with E-state index in [0.717, 1.165) is 33.4 Å². The highest BCUT2D eigenvalue weighted by molar-refractivity contribution is 7.92. The smallest absolute Gasteiger partial charge is 0.262 e. The Morgan fingerprint density at radius 3 is 1.81 bits per heavy atom. The van der Waals surface area contributed by atoms with Crippen molar-refractivity contribution < 1.29 is 13.2 Å². The summed E-state index contributed by atoms with van der Waals surface area (Å²) >= 11 is 0. The molecule has 0 aromatic heterocycles. The molecule has 0 radical (unpaired) electrons. The quantitative estimate of drug-likeness (QED) is 0.838. The van der Waals surface area contributed by atoms with Crippen LogP contribution in [0.25, 0.3) is 0 Å². The van der Waals surface area contributed by atoms with Crippen LogP contribution in [0.2, 0.25) is 0 Å². The van der Waals surface area contributed by atoms with Crippen molar-refractivity contribution in [1.82, 2.24) is 0 Å². The van der Waals surface area contributed by atoms with Crippen molar-refractivity contribution in [3.8, 4) is 0 Å². The molecule has 2 aromatic carbocycles.